The zero-order chi connectivity index (χ0) is 16.8. The third-order valence-electron chi connectivity index (χ3n) is 3.62. The van der Waals surface area contributed by atoms with Crippen LogP contribution in [-0.2, 0) is 4.79 Å². The van der Waals surface area contributed by atoms with Crippen molar-refractivity contribution in [2.45, 2.75) is 32.7 Å². The van der Waals surface area contributed by atoms with Gasteiger partial charge in [-0.1, -0.05) is 25.5 Å². The second kappa shape index (κ2) is 7.41. The normalized spacial score (nSPS) is 11.5. The predicted molar refractivity (Wildman–Crippen MR) is 89.2 cm³/mol. The standard InChI is InChI=1S/C18H19N3O2/c1-3-6-16(21-10-5-7-13(2)18(21)23)17(22)20-15-9-4-8-14(11-15)12-19/h4-5,7-11,16H,3,6H2,1-2H3,(H,20,22). The van der Waals surface area contributed by atoms with Gasteiger partial charge in [-0.2, -0.15) is 5.26 Å². The van der Waals surface area contributed by atoms with E-state index in [1.54, 1.807) is 49.5 Å². The van der Waals surface area contributed by atoms with E-state index in [0.717, 1.165) is 6.42 Å². The number of aromatic nitrogens is 1. The maximum absolute atomic E-state index is 12.6. The Balaban J connectivity index is 2.30. The zero-order valence-corrected chi connectivity index (χ0v) is 13.2. The average Bonchev–Trinajstić information content (AvgIpc) is 2.55. The minimum atomic E-state index is -0.571. The van der Waals surface area contributed by atoms with Crippen molar-refractivity contribution in [1.29, 1.82) is 5.26 Å². The third-order valence-corrected chi connectivity index (χ3v) is 3.62. The van der Waals surface area contributed by atoms with E-state index in [0.29, 0.717) is 23.2 Å². The van der Waals surface area contributed by atoms with Crippen LogP contribution < -0.4 is 10.9 Å². The smallest absolute Gasteiger partial charge is 0.254 e. The lowest BCUT2D eigenvalue weighted by Crippen LogP contribution is -2.33. The molecule has 5 nitrogen and oxygen atoms in total. The van der Waals surface area contributed by atoms with Crippen molar-refractivity contribution in [1.82, 2.24) is 4.57 Å². The molecule has 5 heteroatoms. The summed E-state index contributed by atoms with van der Waals surface area (Å²) in [5, 5.41) is 11.7. The molecule has 2 aromatic rings. The molecule has 0 saturated carbocycles. The molecule has 1 aromatic heterocycles. The maximum Gasteiger partial charge on any atom is 0.254 e. The fourth-order valence-electron chi connectivity index (χ4n) is 2.43. The predicted octanol–water partition coefficient (Wildman–Crippen LogP) is 3.01. The average molecular weight is 309 g/mol. The molecule has 23 heavy (non-hydrogen) atoms. The van der Waals surface area contributed by atoms with Gasteiger partial charge < -0.3 is 9.88 Å². The van der Waals surface area contributed by atoms with Crippen LogP contribution in [0.4, 0.5) is 5.69 Å². The van der Waals surface area contributed by atoms with Crippen molar-refractivity contribution in [2.24, 2.45) is 0 Å². The first-order valence-electron chi connectivity index (χ1n) is 7.55. The molecule has 0 aliphatic heterocycles. The van der Waals surface area contributed by atoms with Gasteiger partial charge >= 0.3 is 0 Å². The Bertz CT molecular complexity index is 802. The van der Waals surface area contributed by atoms with Gasteiger partial charge in [0.1, 0.15) is 6.04 Å². The van der Waals surface area contributed by atoms with E-state index in [4.69, 9.17) is 5.26 Å². The van der Waals surface area contributed by atoms with E-state index in [9.17, 15) is 9.59 Å². The molecule has 1 unspecified atom stereocenters. The van der Waals surface area contributed by atoms with E-state index < -0.39 is 6.04 Å². The van der Waals surface area contributed by atoms with Crippen LogP contribution in [-0.4, -0.2) is 10.5 Å². The Labute approximate surface area is 135 Å². The Morgan fingerprint density at radius 3 is 2.83 bits per heavy atom. The molecule has 0 aliphatic rings. The number of hydrogen-bond donors (Lipinski definition) is 1. The van der Waals surface area contributed by atoms with E-state index in [1.165, 1.54) is 4.57 Å². The van der Waals surface area contributed by atoms with E-state index >= 15 is 0 Å². The number of carbonyl (C=O) groups excluding carboxylic acids is 1. The molecule has 1 N–H and O–H groups in total. The fraction of sp³-hybridized carbons (Fsp3) is 0.278. The Morgan fingerprint density at radius 1 is 1.35 bits per heavy atom. The van der Waals surface area contributed by atoms with Crippen LogP contribution in [0.5, 0.6) is 0 Å². The van der Waals surface area contributed by atoms with Crippen LogP contribution in [0.1, 0.15) is 36.9 Å². The molecule has 2 rings (SSSR count). The van der Waals surface area contributed by atoms with Crippen LogP contribution in [0, 0.1) is 18.3 Å². The van der Waals surface area contributed by atoms with E-state index in [1.807, 2.05) is 13.0 Å². The van der Waals surface area contributed by atoms with Crippen LogP contribution in [0.3, 0.4) is 0 Å². The first-order chi connectivity index (χ1) is 11.1. The van der Waals surface area contributed by atoms with Gasteiger partial charge in [-0.15, -0.1) is 0 Å². The summed E-state index contributed by atoms with van der Waals surface area (Å²) in [6.07, 6.45) is 2.98. The van der Waals surface area contributed by atoms with Crippen molar-refractivity contribution < 1.29 is 4.79 Å². The van der Waals surface area contributed by atoms with Crippen LogP contribution in [0.25, 0.3) is 0 Å². The Hall–Kier alpha value is -2.87. The minimum absolute atomic E-state index is 0.160. The first kappa shape index (κ1) is 16.5. The van der Waals surface area contributed by atoms with Crippen molar-refractivity contribution >= 4 is 11.6 Å². The number of nitrogens with zero attached hydrogens (tertiary/aromatic N) is 2. The third kappa shape index (κ3) is 3.86. The van der Waals surface area contributed by atoms with Gasteiger partial charge in [0.05, 0.1) is 11.6 Å². The summed E-state index contributed by atoms with van der Waals surface area (Å²) < 4.78 is 1.47. The summed E-state index contributed by atoms with van der Waals surface area (Å²) in [7, 11) is 0. The highest BCUT2D eigenvalue weighted by atomic mass is 16.2. The summed E-state index contributed by atoms with van der Waals surface area (Å²) in [4.78, 5) is 24.9. The number of aryl methyl sites for hydroxylation is 1. The highest BCUT2D eigenvalue weighted by molar-refractivity contribution is 5.93. The second-order valence-electron chi connectivity index (χ2n) is 5.39. The summed E-state index contributed by atoms with van der Waals surface area (Å²) >= 11 is 0. The van der Waals surface area contributed by atoms with Crippen LogP contribution in [0.2, 0.25) is 0 Å². The lowest BCUT2D eigenvalue weighted by molar-refractivity contribution is -0.119. The topological polar surface area (TPSA) is 74.9 Å². The highest BCUT2D eigenvalue weighted by Crippen LogP contribution is 2.17. The Morgan fingerprint density at radius 2 is 2.13 bits per heavy atom. The molecule has 1 amide bonds. The summed E-state index contributed by atoms with van der Waals surface area (Å²) in [6, 6.07) is 11.7. The first-order valence-corrected chi connectivity index (χ1v) is 7.55. The maximum atomic E-state index is 12.6. The number of benzene rings is 1. The number of pyridine rings is 1. The van der Waals surface area contributed by atoms with Crippen molar-refractivity contribution in [3.63, 3.8) is 0 Å². The number of amides is 1. The number of anilines is 1. The highest BCUT2D eigenvalue weighted by Gasteiger charge is 2.21. The molecular formula is C18H19N3O2. The fourth-order valence-corrected chi connectivity index (χ4v) is 2.43. The summed E-state index contributed by atoms with van der Waals surface area (Å²) in [5.74, 6) is -0.255. The largest absolute Gasteiger partial charge is 0.324 e. The molecule has 0 spiro atoms. The quantitative estimate of drug-likeness (QED) is 0.922. The molecule has 118 valence electrons. The van der Waals surface area contributed by atoms with Crippen molar-refractivity contribution in [3.8, 4) is 6.07 Å². The number of nitrogens with one attached hydrogen (secondary N) is 1. The van der Waals surface area contributed by atoms with Crippen LogP contribution in [0.15, 0.2) is 47.4 Å². The van der Waals surface area contributed by atoms with Crippen molar-refractivity contribution in [3.05, 3.63) is 64.1 Å². The van der Waals surface area contributed by atoms with Gasteiger partial charge in [0.15, 0.2) is 0 Å². The molecule has 0 aliphatic carbocycles. The molecule has 0 saturated heterocycles. The molecule has 0 fully saturated rings. The monoisotopic (exact) mass is 309 g/mol. The lowest BCUT2D eigenvalue weighted by atomic mass is 10.1. The van der Waals surface area contributed by atoms with Gasteiger partial charge in [-0.05, 0) is 37.6 Å². The number of hydrogen-bond acceptors (Lipinski definition) is 3. The molecule has 0 radical (unpaired) electrons. The van der Waals surface area contributed by atoms with Gasteiger partial charge in [-0.25, -0.2) is 0 Å². The van der Waals surface area contributed by atoms with Crippen LogP contribution >= 0.6 is 0 Å². The van der Waals surface area contributed by atoms with Crippen molar-refractivity contribution in [2.75, 3.05) is 5.32 Å². The molecule has 1 aromatic carbocycles. The minimum Gasteiger partial charge on any atom is -0.324 e. The number of carbonyl (C=O) groups is 1. The summed E-state index contributed by atoms with van der Waals surface area (Å²) in [5.41, 5.74) is 1.47. The second-order valence-corrected chi connectivity index (χ2v) is 5.39. The molecular weight excluding hydrogens is 290 g/mol. The zero-order valence-electron chi connectivity index (χ0n) is 13.2. The Kier molecular flexibility index (Phi) is 5.32. The molecule has 1 atom stereocenters. The number of nitriles is 1. The van der Waals surface area contributed by atoms with E-state index in [-0.39, 0.29) is 11.5 Å². The van der Waals surface area contributed by atoms with E-state index in [2.05, 4.69) is 5.32 Å². The number of rotatable bonds is 5. The SMILES string of the molecule is CCCC(C(=O)Nc1cccc(C#N)c1)n1cccc(C)c1=O. The van der Waals surface area contributed by atoms with Gasteiger partial charge in [0.25, 0.3) is 5.56 Å². The summed E-state index contributed by atoms with van der Waals surface area (Å²) in [6.45, 7) is 3.70. The van der Waals surface area contributed by atoms with Gasteiger partial charge in [-0.3, -0.25) is 9.59 Å². The lowest BCUT2D eigenvalue weighted by Gasteiger charge is -2.19. The molecule has 1 heterocycles. The van der Waals surface area contributed by atoms with Gasteiger partial charge in [0.2, 0.25) is 5.91 Å². The van der Waals surface area contributed by atoms with Gasteiger partial charge in [0, 0.05) is 17.4 Å². The molecule has 0 bridgehead atoms.